The Morgan fingerprint density at radius 1 is 1.38 bits per heavy atom. The van der Waals surface area contributed by atoms with Crippen LogP contribution in [-0.2, 0) is 6.54 Å². The predicted molar refractivity (Wildman–Crippen MR) is 64.7 cm³/mol. The van der Waals surface area contributed by atoms with Crippen LogP contribution in [-0.4, -0.2) is 24.1 Å². The van der Waals surface area contributed by atoms with Gasteiger partial charge in [-0.15, -0.1) is 11.3 Å². The fourth-order valence-corrected chi connectivity index (χ4v) is 2.33. The highest BCUT2D eigenvalue weighted by atomic mass is 32.1. The lowest BCUT2D eigenvalue weighted by Gasteiger charge is -2.02. The molecule has 2 heterocycles. The molecular weight excluding hydrogens is 222 g/mol. The summed E-state index contributed by atoms with van der Waals surface area (Å²) in [6.07, 6.45) is 3.30. The van der Waals surface area contributed by atoms with Crippen molar-refractivity contribution < 1.29 is 4.74 Å². The zero-order valence-electron chi connectivity index (χ0n) is 9.23. The number of rotatable bonds is 4. The summed E-state index contributed by atoms with van der Waals surface area (Å²) in [4.78, 5) is 9.69. The molecule has 2 aromatic heterocycles. The van der Waals surface area contributed by atoms with Crippen LogP contribution in [0.15, 0.2) is 23.8 Å². The van der Waals surface area contributed by atoms with E-state index in [1.54, 1.807) is 30.8 Å². The Labute approximate surface area is 98.3 Å². The summed E-state index contributed by atoms with van der Waals surface area (Å²) < 4.78 is 5.18. The van der Waals surface area contributed by atoms with Crippen LogP contribution >= 0.6 is 11.3 Å². The standard InChI is InChI=1S/C11H13N3OS/c1-12-6-9-5-8(7-16-9)10-11(15-2)14-4-3-13-10/h3-5,7,12H,6H2,1-2H3. The van der Waals surface area contributed by atoms with E-state index in [2.05, 4.69) is 26.7 Å². The molecule has 0 aromatic carbocycles. The van der Waals surface area contributed by atoms with E-state index >= 15 is 0 Å². The summed E-state index contributed by atoms with van der Waals surface area (Å²) in [5, 5.41) is 5.19. The molecule has 0 amide bonds. The molecule has 84 valence electrons. The minimum Gasteiger partial charge on any atom is -0.479 e. The number of nitrogens with one attached hydrogen (secondary N) is 1. The molecule has 1 N–H and O–H groups in total. The molecule has 0 bridgehead atoms. The maximum atomic E-state index is 5.18. The van der Waals surface area contributed by atoms with Gasteiger partial charge in [-0.05, 0) is 13.1 Å². The average Bonchev–Trinajstić information content (AvgIpc) is 2.78. The Bertz CT molecular complexity index is 470. The van der Waals surface area contributed by atoms with Gasteiger partial charge in [0, 0.05) is 34.8 Å². The number of aromatic nitrogens is 2. The summed E-state index contributed by atoms with van der Waals surface area (Å²) in [5.41, 5.74) is 1.85. The van der Waals surface area contributed by atoms with Crippen molar-refractivity contribution in [1.29, 1.82) is 0 Å². The first-order chi connectivity index (χ1) is 7.85. The van der Waals surface area contributed by atoms with Crippen LogP contribution in [0, 0.1) is 0 Å². The molecule has 0 fully saturated rings. The van der Waals surface area contributed by atoms with Gasteiger partial charge >= 0.3 is 0 Å². The minimum absolute atomic E-state index is 0.566. The molecule has 0 radical (unpaired) electrons. The molecule has 0 atom stereocenters. The highest BCUT2D eigenvalue weighted by Crippen LogP contribution is 2.29. The van der Waals surface area contributed by atoms with E-state index in [4.69, 9.17) is 4.74 Å². The average molecular weight is 235 g/mol. The Balaban J connectivity index is 2.34. The molecule has 0 unspecified atom stereocenters. The molecule has 2 rings (SSSR count). The Kier molecular flexibility index (Phi) is 3.48. The summed E-state index contributed by atoms with van der Waals surface area (Å²) in [5.74, 6) is 0.566. The van der Waals surface area contributed by atoms with Crippen LogP contribution in [0.1, 0.15) is 4.88 Å². The second-order valence-corrected chi connectivity index (χ2v) is 4.24. The van der Waals surface area contributed by atoms with E-state index in [0.29, 0.717) is 5.88 Å². The van der Waals surface area contributed by atoms with E-state index in [1.165, 1.54) is 4.88 Å². The van der Waals surface area contributed by atoms with Crippen LogP contribution < -0.4 is 10.1 Å². The van der Waals surface area contributed by atoms with Gasteiger partial charge in [-0.3, -0.25) is 0 Å². The lowest BCUT2D eigenvalue weighted by Crippen LogP contribution is -2.02. The van der Waals surface area contributed by atoms with Crippen molar-refractivity contribution in [2.45, 2.75) is 6.54 Å². The second-order valence-electron chi connectivity index (χ2n) is 3.25. The van der Waals surface area contributed by atoms with Gasteiger partial charge < -0.3 is 10.1 Å². The van der Waals surface area contributed by atoms with Crippen LogP contribution in [0.4, 0.5) is 0 Å². The molecule has 4 nitrogen and oxygen atoms in total. The topological polar surface area (TPSA) is 47.0 Å². The number of thiophene rings is 1. The first-order valence-corrected chi connectivity index (χ1v) is 5.80. The fourth-order valence-electron chi connectivity index (χ4n) is 1.44. The van der Waals surface area contributed by atoms with Crippen molar-refractivity contribution in [1.82, 2.24) is 15.3 Å². The number of hydrogen-bond acceptors (Lipinski definition) is 5. The highest BCUT2D eigenvalue weighted by molar-refractivity contribution is 7.10. The quantitative estimate of drug-likeness (QED) is 0.879. The predicted octanol–water partition coefficient (Wildman–Crippen LogP) is 1.93. The monoisotopic (exact) mass is 235 g/mol. The zero-order chi connectivity index (χ0) is 11.4. The lowest BCUT2D eigenvalue weighted by molar-refractivity contribution is 0.398. The normalized spacial score (nSPS) is 10.4. The molecule has 0 aliphatic rings. The van der Waals surface area contributed by atoms with Gasteiger partial charge in [0.25, 0.3) is 0 Å². The zero-order valence-corrected chi connectivity index (χ0v) is 10.0. The van der Waals surface area contributed by atoms with E-state index in [-0.39, 0.29) is 0 Å². The van der Waals surface area contributed by atoms with E-state index in [9.17, 15) is 0 Å². The van der Waals surface area contributed by atoms with Gasteiger partial charge in [0.15, 0.2) is 0 Å². The molecule has 16 heavy (non-hydrogen) atoms. The van der Waals surface area contributed by atoms with Gasteiger partial charge in [-0.1, -0.05) is 0 Å². The molecule has 0 spiro atoms. The lowest BCUT2D eigenvalue weighted by atomic mass is 10.2. The van der Waals surface area contributed by atoms with Crippen LogP contribution in [0.5, 0.6) is 5.88 Å². The van der Waals surface area contributed by atoms with Crippen LogP contribution in [0.3, 0.4) is 0 Å². The smallest absolute Gasteiger partial charge is 0.240 e. The van der Waals surface area contributed by atoms with Crippen molar-refractivity contribution >= 4 is 11.3 Å². The van der Waals surface area contributed by atoms with E-state index in [1.807, 2.05) is 7.05 Å². The molecule has 2 aromatic rings. The highest BCUT2D eigenvalue weighted by Gasteiger charge is 2.09. The molecular formula is C11H13N3OS. The summed E-state index contributed by atoms with van der Waals surface area (Å²) in [6.45, 7) is 0.868. The van der Waals surface area contributed by atoms with Crippen LogP contribution in [0.25, 0.3) is 11.3 Å². The third kappa shape index (κ3) is 2.20. The largest absolute Gasteiger partial charge is 0.479 e. The van der Waals surface area contributed by atoms with Gasteiger partial charge in [0.1, 0.15) is 5.69 Å². The maximum absolute atomic E-state index is 5.18. The molecule has 5 heteroatoms. The first kappa shape index (κ1) is 11.0. The van der Waals surface area contributed by atoms with Gasteiger partial charge in [-0.2, -0.15) is 0 Å². The SMILES string of the molecule is CNCc1cc(-c2nccnc2OC)cs1. The number of methoxy groups -OCH3 is 1. The summed E-state index contributed by atoms with van der Waals surface area (Å²) in [6, 6.07) is 2.10. The third-order valence-corrected chi connectivity index (χ3v) is 3.07. The van der Waals surface area contributed by atoms with Crippen LogP contribution in [0.2, 0.25) is 0 Å². The third-order valence-electron chi connectivity index (χ3n) is 2.14. The number of ether oxygens (including phenoxy) is 1. The fraction of sp³-hybridized carbons (Fsp3) is 0.273. The van der Waals surface area contributed by atoms with E-state index in [0.717, 1.165) is 17.8 Å². The van der Waals surface area contributed by atoms with Crippen molar-refractivity contribution in [3.05, 3.63) is 28.7 Å². The Hall–Kier alpha value is -1.46. The molecule has 0 saturated carbocycles. The van der Waals surface area contributed by atoms with Gasteiger partial charge in [0.05, 0.1) is 7.11 Å². The van der Waals surface area contributed by atoms with Crippen molar-refractivity contribution in [3.8, 4) is 17.1 Å². The number of hydrogen-bond donors (Lipinski definition) is 1. The molecule has 0 saturated heterocycles. The van der Waals surface area contributed by atoms with Crippen molar-refractivity contribution in [2.75, 3.05) is 14.2 Å². The number of nitrogens with zero attached hydrogens (tertiary/aromatic N) is 2. The van der Waals surface area contributed by atoms with Crippen molar-refractivity contribution in [3.63, 3.8) is 0 Å². The Morgan fingerprint density at radius 2 is 2.19 bits per heavy atom. The van der Waals surface area contributed by atoms with E-state index < -0.39 is 0 Å². The summed E-state index contributed by atoms with van der Waals surface area (Å²) >= 11 is 1.70. The van der Waals surface area contributed by atoms with Gasteiger partial charge in [-0.25, -0.2) is 9.97 Å². The van der Waals surface area contributed by atoms with Crippen molar-refractivity contribution in [2.24, 2.45) is 0 Å². The Morgan fingerprint density at radius 3 is 2.94 bits per heavy atom. The molecule has 0 aliphatic heterocycles. The maximum Gasteiger partial charge on any atom is 0.240 e. The second kappa shape index (κ2) is 5.05. The molecule has 0 aliphatic carbocycles. The summed E-state index contributed by atoms with van der Waals surface area (Å²) in [7, 11) is 3.54. The van der Waals surface area contributed by atoms with Gasteiger partial charge in [0.2, 0.25) is 5.88 Å². The first-order valence-electron chi connectivity index (χ1n) is 4.92. The minimum atomic E-state index is 0.566.